The van der Waals surface area contributed by atoms with Gasteiger partial charge in [0, 0.05) is 0 Å². The van der Waals surface area contributed by atoms with Gasteiger partial charge in [0.15, 0.2) is 5.13 Å². The molecule has 2 aromatic rings. The fourth-order valence-electron chi connectivity index (χ4n) is 1.12. The van der Waals surface area contributed by atoms with Crippen LogP contribution in [0.1, 0.15) is 10.4 Å². The molecule has 14 heavy (non-hydrogen) atoms. The molecule has 0 spiro atoms. The van der Waals surface area contributed by atoms with E-state index >= 15 is 0 Å². The average molecular weight is 209 g/mol. The van der Waals surface area contributed by atoms with Gasteiger partial charge in [-0.15, -0.1) is 0 Å². The van der Waals surface area contributed by atoms with E-state index in [9.17, 15) is 4.79 Å². The predicted molar refractivity (Wildman–Crippen MR) is 54.4 cm³/mol. The van der Waals surface area contributed by atoms with E-state index in [4.69, 9.17) is 10.9 Å². The van der Waals surface area contributed by atoms with Crippen LogP contribution in [0.4, 0.5) is 5.13 Å². The summed E-state index contributed by atoms with van der Waals surface area (Å²) in [6.45, 7) is 0. The molecule has 0 aliphatic heterocycles. The summed E-state index contributed by atoms with van der Waals surface area (Å²) < 4.78 is 0.906. The Morgan fingerprint density at radius 3 is 3.00 bits per heavy atom. The highest BCUT2D eigenvalue weighted by molar-refractivity contribution is 7.22. The van der Waals surface area contributed by atoms with Crippen molar-refractivity contribution in [2.24, 2.45) is 5.84 Å². The highest BCUT2D eigenvalue weighted by Crippen LogP contribution is 2.25. The molecule has 6 heteroatoms. The summed E-state index contributed by atoms with van der Waals surface area (Å²) in [6, 6.07) is 4.79. The van der Waals surface area contributed by atoms with E-state index in [2.05, 4.69) is 10.4 Å². The summed E-state index contributed by atoms with van der Waals surface area (Å²) in [5.41, 5.74) is 3.29. The molecule has 0 saturated heterocycles. The van der Waals surface area contributed by atoms with E-state index in [-0.39, 0.29) is 5.56 Å². The van der Waals surface area contributed by atoms with E-state index in [1.807, 2.05) is 0 Å². The van der Waals surface area contributed by atoms with Gasteiger partial charge in [0.25, 0.3) is 0 Å². The Morgan fingerprint density at radius 1 is 1.57 bits per heavy atom. The lowest BCUT2D eigenvalue weighted by Crippen LogP contribution is -2.05. The topological polar surface area (TPSA) is 88.2 Å². The predicted octanol–water partition coefficient (Wildman–Crippen LogP) is 1.28. The van der Waals surface area contributed by atoms with E-state index in [0.717, 1.165) is 4.70 Å². The number of hydrogen-bond donors (Lipinski definition) is 3. The number of rotatable bonds is 2. The quantitative estimate of drug-likeness (QED) is 0.512. The number of carboxylic acid groups (broad SMARTS) is 1. The Bertz CT molecular complexity index is 494. The van der Waals surface area contributed by atoms with E-state index in [0.29, 0.717) is 10.6 Å². The number of aromatic carboxylic acids is 1. The van der Waals surface area contributed by atoms with Crippen molar-refractivity contribution < 1.29 is 9.90 Å². The molecule has 0 atom stereocenters. The number of nitrogens with zero attached hydrogens (tertiary/aromatic N) is 1. The Kier molecular flexibility index (Phi) is 2.06. The number of hydrazine groups is 1. The van der Waals surface area contributed by atoms with Gasteiger partial charge >= 0.3 is 5.97 Å². The van der Waals surface area contributed by atoms with Gasteiger partial charge in [0.05, 0.1) is 15.8 Å². The number of aromatic nitrogens is 1. The molecular weight excluding hydrogens is 202 g/mol. The van der Waals surface area contributed by atoms with Gasteiger partial charge in [-0.2, -0.15) is 0 Å². The lowest BCUT2D eigenvalue weighted by Gasteiger charge is -1.91. The number of hydrogen-bond acceptors (Lipinski definition) is 5. The summed E-state index contributed by atoms with van der Waals surface area (Å²) in [5.74, 6) is 4.24. The van der Waals surface area contributed by atoms with Crippen LogP contribution in [-0.4, -0.2) is 16.1 Å². The van der Waals surface area contributed by atoms with Gasteiger partial charge in [-0.3, -0.25) is 5.43 Å². The minimum absolute atomic E-state index is 0.228. The molecule has 1 aromatic heterocycles. The zero-order valence-electron chi connectivity index (χ0n) is 7.02. The third-order valence-electron chi connectivity index (χ3n) is 1.76. The molecular formula is C8H7N3O2S. The Morgan fingerprint density at radius 2 is 2.36 bits per heavy atom. The Labute approximate surface area is 83.2 Å². The third kappa shape index (κ3) is 1.40. The van der Waals surface area contributed by atoms with Crippen molar-refractivity contribution >= 4 is 32.7 Å². The molecule has 0 amide bonds. The molecule has 0 aliphatic carbocycles. The number of anilines is 1. The van der Waals surface area contributed by atoms with E-state index in [1.165, 1.54) is 17.4 Å². The number of thiazole rings is 1. The van der Waals surface area contributed by atoms with Gasteiger partial charge in [-0.05, 0) is 18.2 Å². The smallest absolute Gasteiger partial charge is 0.335 e. The fourth-order valence-corrected chi connectivity index (χ4v) is 1.88. The molecule has 4 N–H and O–H groups in total. The molecule has 2 rings (SSSR count). The van der Waals surface area contributed by atoms with Gasteiger partial charge < -0.3 is 5.11 Å². The first-order chi connectivity index (χ1) is 6.70. The van der Waals surface area contributed by atoms with Crippen molar-refractivity contribution in [3.8, 4) is 0 Å². The van der Waals surface area contributed by atoms with Crippen LogP contribution in [0.25, 0.3) is 10.2 Å². The number of nitrogens with two attached hydrogens (primary N) is 1. The summed E-state index contributed by atoms with van der Waals surface area (Å²) in [6.07, 6.45) is 0. The molecule has 0 aliphatic rings. The van der Waals surface area contributed by atoms with Gasteiger partial charge in [-0.25, -0.2) is 15.6 Å². The van der Waals surface area contributed by atoms with Crippen LogP contribution in [0.3, 0.4) is 0 Å². The van der Waals surface area contributed by atoms with Crippen molar-refractivity contribution in [3.63, 3.8) is 0 Å². The summed E-state index contributed by atoms with van der Waals surface area (Å²) in [7, 11) is 0. The summed E-state index contributed by atoms with van der Waals surface area (Å²) >= 11 is 1.38. The molecule has 0 fully saturated rings. The first-order valence-electron chi connectivity index (χ1n) is 3.81. The highest BCUT2D eigenvalue weighted by atomic mass is 32.1. The normalized spacial score (nSPS) is 10.4. The van der Waals surface area contributed by atoms with E-state index < -0.39 is 5.97 Å². The van der Waals surface area contributed by atoms with Crippen LogP contribution >= 0.6 is 11.3 Å². The lowest BCUT2D eigenvalue weighted by molar-refractivity contribution is 0.0697. The van der Waals surface area contributed by atoms with Crippen molar-refractivity contribution in [2.45, 2.75) is 0 Å². The van der Waals surface area contributed by atoms with Crippen LogP contribution in [-0.2, 0) is 0 Å². The number of fused-ring (bicyclic) bond motifs is 1. The van der Waals surface area contributed by atoms with Crippen LogP contribution < -0.4 is 11.3 Å². The number of carbonyl (C=O) groups is 1. The van der Waals surface area contributed by atoms with Crippen molar-refractivity contribution in [3.05, 3.63) is 23.8 Å². The first kappa shape index (κ1) is 8.92. The van der Waals surface area contributed by atoms with Gasteiger partial charge in [0.2, 0.25) is 0 Å². The molecule has 1 aromatic carbocycles. The second kappa shape index (κ2) is 3.24. The van der Waals surface area contributed by atoms with Gasteiger partial charge in [0.1, 0.15) is 0 Å². The highest BCUT2D eigenvalue weighted by Gasteiger charge is 2.07. The largest absolute Gasteiger partial charge is 0.478 e. The maximum absolute atomic E-state index is 10.7. The summed E-state index contributed by atoms with van der Waals surface area (Å²) in [5, 5.41) is 9.32. The third-order valence-corrected chi connectivity index (χ3v) is 2.73. The molecule has 0 saturated carbocycles. The fraction of sp³-hybridized carbons (Fsp3) is 0. The minimum atomic E-state index is -0.956. The standard InChI is InChI=1S/C8H7N3O2S/c9-11-8-10-5-3-4(7(12)13)1-2-6(5)14-8/h1-3H,9H2,(H,10,11)(H,12,13). The van der Waals surface area contributed by atoms with Crippen LogP contribution in [0, 0.1) is 0 Å². The average Bonchev–Trinajstić information content (AvgIpc) is 2.58. The van der Waals surface area contributed by atoms with Gasteiger partial charge in [-0.1, -0.05) is 11.3 Å². The first-order valence-corrected chi connectivity index (χ1v) is 4.63. The number of nitrogens with one attached hydrogen (secondary N) is 1. The molecule has 0 unspecified atom stereocenters. The number of benzene rings is 1. The monoisotopic (exact) mass is 209 g/mol. The minimum Gasteiger partial charge on any atom is -0.478 e. The second-order valence-electron chi connectivity index (χ2n) is 2.65. The zero-order chi connectivity index (χ0) is 10.1. The van der Waals surface area contributed by atoms with Crippen molar-refractivity contribution in [1.82, 2.24) is 4.98 Å². The Hall–Kier alpha value is -1.66. The second-order valence-corrected chi connectivity index (χ2v) is 3.68. The molecule has 72 valence electrons. The van der Waals surface area contributed by atoms with E-state index in [1.54, 1.807) is 12.1 Å². The van der Waals surface area contributed by atoms with Crippen molar-refractivity contribution in [2.75, 3.05) is 5.43 Å². The van der Waals surface area contributed by atoms with Crippen LogP contribution in [0.2, 0.25) is 0 Å². The lowest BCUT2D eigenvalue weighted by atomic mass is 10.2. The molecule has 0 radical (unpaired) electrons. The van der Waals surface area contributed by atoms with Crippen LogP contribution in [0.15, 0.2) is 18.2 Å². The number of carboxylic acids is 1. The SMILES string of the molecule is NNc1nc2cc(C(=O)O)ccc2s1. The number of nitrogen functional groups attached to an aromatic ring is 1. The Balaban J connectivity index is 2.59. The van der Waals surface area contributed by atoms with Crippen LogP contribution in [0.5, 0.6) is 0 Å². The summed E-state index contributed by atoms with van der Waals surface area (Å²) in [4.78, 5) is 14.7. The zero-order valence-corrected chi connectivity index (χ0v) is 7.84. The molecule has 0 bridgehead atoms. The molecule has 1 heterocycles. The molecule has 5 nitrogen and oxygen atoms in total. The maximum atomic E-state index is 10.7. The van der Waals surface area contributed by atoms with Crippen molar-refractivity contribution in [1.29, 1.82) is 0 Å². The maximum Gasteiger partial charge on any atom is 0.335 e.